The van der Waals surface area contributed by atoms with Gasteiger partial charge in [-0.3, -0.25) is 4.79 Å². The fourth-order valence-electron chi connectivity index (χ4n) is 2.30. The molecule has 0 aromatic rings. The molecule has 0 heterocycles. The molecule has 1 fully saturated rings. The van der Waals surface area contributed by atoms with E-state index in [4.69, 9.17) is 5.11 Å². The molecule has 1 rings (SSSR count). The molecule has 0 unspecified atom stereocenters. The van der Waals surface area contributed by atoms with Gasteiger partial charge >= 0.3 is 5.97 Å². The van der Waals surface area contributed by atoms with Crippen LogP contribution in [0.1, 0.15) is 45.4 Å². The first kappa shape index (κ1) is 11.5. The van der Waals surface area contributed by atoms with Gasteiger partial charge in [-0.05, 0) is 44.4 Å². The van der Waals surface area contributed by atoms with Crippen molar-refractivity contribution in [1.82, 2.24) is 0 Å². The zero-order valence-corrected chi connectivity index (χ0v) is 8.83. The van der Waals surface area contributed by atoms with Crippen LogP contribution in [0.15, 0.2) is 0 Å². The molecular formula is C11H20O3. The minimum atomic E-state index is -0.669. The topological polar surface area (TPSA) is 57.5 Å². The summed E-state index contributed by atoms with van der Waals surface area (Å²) in [6.07, 6.45) is 4.83. The Morgan fingerprint density at radius 3 is 2.43 bits per heavy atom. The van der Waals surface area contributed by atoms with E-state index >= 15 is 0 Å². The number of hydrogen-bond acceptors (Lipinski definition) is 2. The summed E-state index contributed by atoms with van der Waals surface area (Å²) in [5.74, 6) is -0.00514. The van der Waals surface area contributed by atoms with Gasteiger partial charge in [-0.1, -0.05) is 6.92 Å². The normalized spacial score (nSPS) is 32.9. The third kappa shape index (κ3) is 2.47. The summed E-state index contributed by atoms with van der Waals surface area (Å²) < 4.78 is 0. The number of carboxylic acids is 1. The molecule has 0 radical (unpaired) electrons. The predicted octanol–water partition coefficient (Wildman–Crippen LogP) is 2.04. The van der Waals surface area contributed by atoms with E-state index in [-0.39, 0.29) is 6.61 Å². The number of aliphatic carboxylic acids is 1. The average Bonchev–Trinajstić information content (AvgIpc) is 2.17. The molecule has 0 aliphatic heterocycles. The van der Waals surface area contributed by atoms with Crippen molar-refractivity contribution in [2.75, 3.05) is 6.61 Å². The summed E-state index contributed by atoms with van der Waals surface area (Å²) in [5, 5.41) is 18.0. The van der Waals surface area contributed by atoms with E-state index in [1.54, 1.807) is 0 Å². The highest BCUT2D eigenvalue weighted by Gasteiger charge is 2.40. The molecule has 82 valence electrons. The Kier molecular flexibility index (Phi) is 3.93. The van der Waals surface area contributed by atoms with Gasteiger partial charge in [0.25, 0.3) is 0 Å². The van der Waals surface area contributed by atoms with Crippen LogP contribution in [0.25, 0.3) is 0 Å². The minimum Gasteiger partial charge on any atom is -0.481 e. The molecule has 3 heteroatoms. The molecule has 0 spiro atoms. The lowest BCUT2D eigenvalue weighted by atomic mass is 9.68. The second kappa shape index (κ2) is 4.78. The molecule has 0 aromatic heterocycles. The molecule has 1 saturated carbocycles. The Labute approximate surface area is 85.1 Å². The summed E-state index contributed by atoms with van der Waals surface area (Å²) in [5.41, 5.74) is -0.532. The molecule has 0 atom stereocenters. The number of aliphatic hydroxyl groups excluding tert-OH is 1. The maximum atomic E-state index is 11.2. The fourth-order valence-corrected chi connectivity index (χ4v) is 2.30. The highest BCUT2D eigenvalue weighted by atomic mass is 16.4. The van der Waals surface area contributed by atoms with Gasteiger partial charge in [0.2, 0.25) is 0 Å². The molecule has 0 saturated heterocycles. The van der Waals surface area contributed by atoms with Crippen molar-refractivity contribution >= 4 is 5.97 Å². The number of rotatable bonds is 4. The molecule has 2 N–H and O–H groups in total. The Morgan fingerprint density at radius 2 is 2.00 bits per heavy atom. The molecule has 0 bridgehead atoms. The summed E-state index contributed by atoms with van der Waals surface area (Å²) in [7, 11) is 0. The van der Waals surface area contributed by atoms with Crippen LogP contribution in [0.3, 0.4) is 0 Å². The van der Waals surface area contributed by atoms with Gasteiger partial charge in [0.1, 0.15) is 0 Å². The summed E-state index contributed by atoms with van der Waals surface area (Å²) in [6, 6.07) is 0. The van der Waals surface area contributed by atoms with Crippen LogP contribution in [-0.4, -0.2) is 22.8 Å². The first-order valence-electron chi connectivity index (χ1n) is 5.45. The first-order valence-corrected chi connectivity index (χ1v) is 5.45. The van der Waals surface area contributed by atoms with E-state index in [2.05, 4.69) is 6.92 Å². The third-order valence-electron chi connectivity index (χ3n) is 3.50. The number of carbonyl (C=O) groups is 1. The van der Waals surface area contributed by atoms with Crippen molar-refractivity contribution in [3.05, 3.63) is 0 Å². The zero-order chi connectivity index (χ0) is 10.6. The molecule has 3 nitrogen and oxygen atoms in total. The first-order chi connectivity index (χ1) is 6.60. The van der Waals surface area contributed by atoms with Crippen LogP contribution >= 0.6 is 0 Å². The molecular weight excluding hydrogens is 180 g/mol. The number of carboxylic acid groups (broad SMARTS) is 1. The molecule has 1 aliphatic rings. The minimum absolute atomic E-state index is 0.102. The van der Waals surface area contributed by atoms with Crippen molar-refractivity contribution in [1.29, 1.82) is 0 Å². The monoisotopic (exact) mass is 200 g/mol. The summed E-state index contributed by atoms with van der Waals surface area (Å²) >= 11 is 0. The lowest BCUT2D eigenvalue weighted by molar-refractivity contribution is -0.152. The second-order valence-electron chi connectivity index (χ2n) is 4.60. The quantitative estimate of drug-likeness (QED) is 0.730. The second-order valence-corrected chi connectivity index (χ2v) is 4.60. The average molecular weight is 200 g/mol. The molecule has 0 amide bonds. The van der Waals surface area contributed by atoms with Crippen molar-refractivity contribution in [2.24, 2.45) is 11.3 Å². The highest BCUT2D eigenvalue weighted by Crippen LogP contribution is 2.42. The van der Waals surface area contributed by atoms with E-state index in [1.165, 1.54) is 0 Å². The van der Waals surface area contributed by atoms with Gasteiger partial charge in [-0.15, -0.1) is 0 Å². The molecule has 1 aliphatic carbocycles. The maximum absolute atomic E-state index is 11.2. The van der Waals surface area contributed by atoms with Crippen LogP contribution in [0.4, 0.5) is 0 Å². The maximum Gasteiger partial charge on any atom is 0.309 e. The molecule has 0 aromatic carbocycles. The van der Waals surface area contributed by atoms with E-state index in [9.17, 15) is 9.90 Å². The summed E-state index contributed by atoms with van der Waals surface area (Å²) in [4.78, 5) is 11.2. The standard InChI is InChI=1S/C11H20O3/c1-9-3-6-11(7-4-9,10(13)14)5-2-8-12/h9,12H,2-8H2,1H3,(H,13,14). The van der Waals surface area contributed by atoms with Gasteiger partial charge in [-0.25, -0.2) is 0 Å². The van der Waals surface area contributed by atoms with Gasteiger partial charge < -0.3 is 10.2 Å². The number of aliphatic hydroxyl groups is 1. The zero-order valence-electron chi connectivity index (χ0n) is 8.83. The van der Waals surface area contributed by atoms with Crippen LogP contribution in [0.2, 0.25) is 0 Å². The van der Waals surface area contributed by atoms with E-state index in [1.807, 2.05) is 0 Å². The van der Waals surface area contributed by atoms with E-state index < -0.39 is 11.4 Å². The lowest BCUT2D eigenvalue weighted by Gasteiger charge is -2.35. The smallest absolute Gasteiger partial charge is 0.309 e. The van der Waals surface area contributed by atoms with Crippen molar-refractivity contribution in [3.8, 4) is 0 Å². The SMILES string of the molecule is CC1CCC(CCCO)(C(=O)O)CC1. The van der Waals surface area contributed by atoms with Crippen LogP contribution < -0.4 is 0 Å². The van der Waals surface area contributed by atoms with Crippen molar-refractivity contribution < 1.29 is 15.0 Å². The lowest BCUT2D eigenvalue weighted by Crippen LogP contribution is -2.35. The predicted molar refractivity (Wildman–Crippen MR) is 54.0 cm³/mol. The van der Waals surface area contributed by atoms with Crippen LogP contribution in [0.5, 0.6) is 0 Å². The number of hydrogen-bond donors (Lipinski definition) is 2. The van der Waals surface area contributed by atoms with Crippen molar-refractivity contribution in [2.45, 2.75) is 45.4 Å². The Morgan fingerprint density at radius 1 is 1.43 bits per heavy atom. The molecule has 14 heavy (non-hydrogen) atoms. The Bertz CT molecular complexity index is 187. The fraction of sp³-hybridized carbons (Fsp3) is 0.909. The van der Waals surface area contributed by atoms with Gasteiger partial charge in [0.05, 0.1) is 5.41 Å². The highest BCUT2D eigenvalue weighted by molar-refractivity contribution is 5.74. The third-order valence-corrected chi connectivity index (χ3v) is 3.50. The van der Waals surface area contributed by atoms with Gasteiger partial charge in [-0.2, -0.15) is 0 Å². The summed E-state index contributed by atoms with van der Waals surface area (Å²) in [6.45, 7) is 2.28. The van der Waals surface area contributed by atoms with E-state index in [0.29, 0.717) is 18.8 Å². The largest absolute Gasteiger partial charge is 0.481 e. The Balaban J connectivity index is 2.58. The van der Waals surface area contributed by atoms with E-state index in [0.717, 1.165) is 25.7 Å². The van der Waals surface area contributed by atoms with Crippen LogP contribution in [-0.2, 0) is 4.79 Å². The van der Waals surface area contributed by atoms with Gasteiger partial charge in [0, 0.05) is 6.61 Å². The van der Waals surface area contributed by atoms with Crippen molar-refractivity contribution in [3.63, 3.8) is 0 Å². The van der Waals surface area contributed by atoms with Gasteiger partial charge in [0.15, 0.2) is 0 Å². The Hall–Kier alpha value is -0.570. The van der Waals surface area contributed by atoms with Crippen LogP contribution in [0, 0.1) is 11.3 Å².